The van der Waals surface area contributed by atoms with Gasteiger partial charge in [-0.2, -0.15) is 0 Å². The first-order chi connectivity index (χ1) is 17.7. The summed E-state index contributed by atoms with van der Waals surface area (Å²) in [7, 11) is 1.55. The van der Waals surface area contributed by atoms with Crippen molar-refractivity contribution in [2.24, 2.45) is 0 Å². The van der Waals surface area contributed by atoms with Crippen LogP contribution in [0.15, 0.2) is 72.8 Å². The van der Waals surface area contributed by atoms with Crippen molar-refractivity contribution >= 4 is 11.9 Å². The van der Waals surface area contributed by atoms with Crippen molar-refractivity contribution in [1.29, 1.82) is 0 Å². The molecule has 0 saturated heterocycles. The van der Waals surface area contributed by atoms with Crippen LogP contribution in [0.4, 0.5) is 0 Å². The second-order valence-electron chi connectivity index (χ2n) is 10.1. The quantitative estimate of drug-likeness (QED) is 0.457. The van der Waals surface area contributed by atoms with Crippen LogP contribution in [0.25, 0.3) is 0 Å². The Morgan fingerprint density at radius 1 is 1.00 bits per heavy atom. The van der Waals surface area contributed by atoms with Crippen LogP contribution in [0.5, 0.6) is 11.5 Å². The van der Waals surface area contributed by atoms with E-state index < -0.39 is 23.7 Å². The highest BCUT2D eigenvalue weighted by molar-refractivity contribution is 5.88. The third-order valence-corrected chi connectivity index (χ3v) is 6.25. The molecule has 1 amide bonds. The van der Waals surface area contributed by atoms with Crippen LogP contribution in [0.2, 0.25) is 0 Å². The molecular formula is C30H33NO6. The van der Waals surface area contributed by atoms with Gasteiger partial charge in [0, 0.05) is 18.5 Å². The van der Waals surface area contributed by atoms with Crippen molar-refractivity contribution in [3.8, 4) is 11.5 Å². The van der Waals surface area contributed by atoms with Crippen molar-refractivity contribution in [2.45, 2.75) is 58.1 Å². The van der Waals surface area contributed by atoms with Crippen LogP contribution in [0.3, 0.4) is 0 Å². The summed E-state index contributed by atoms with van der Waals surface area (Å²) in [6, 6.07) is 21.5. The number of carboxylic acid groups (broad SMARTS) is 1. The lowest BCUT2D eigenvalue weighted by molar-refractivity contribution is -0.164. The van der Waals surface area contributed by atoms with Gasteiger partial charge < -0.3 is 24.2 Å². The summed E-state index contributed by atoms with van der Waals surface area (Å²) in [5, 5.41) is 10.2. The number of carbonyl (C=O) groups excluding carboxylic acids is 1. The topological polar surface area (TPSA) is 85.3 Å². The lowest BCUT2D eigenvalue weighted by Crippen LogP contribution is -2.51. The van der Waals surface area contributed by atoms with Crippen molar-refractivity contribution in [3.63, 3.8) is 0 Å². The molecule has 1 N–H and O–H groups in total. The van der Waals surface area contributed by atoms with Gasteiger partial charge in [-0.15, -0.1) is 0 Å². The SMILES string of the molecule is COc1ccc2c(c1OCc1ccccc1)C[C@@H](C(=O)O)N(C(=O)[C@H](OC(C)(C)C)c1ccccc1)C2. The minimum absolute atomic E-state index is 0.0920. The van der Waals surface area contributed by atoms with Crippen LogP contribution < -0.4 is 9.47 Å². The number of fused-ring (bicyclic) bond motifs is 1. The summed E-state index contributed by atoms with van der Waals surface area (Å²) in [5.74, 6) is -0.440. The highest BCUT2D eigenvalue weighted by Crippen LogP contribution is 2.40. The predicted molar refractivity (Wildman–Crippen MR) is 139 cm³/mol. The Hall–Kier alpha value is -3.84. The largest absolute Gasteiger partial charge is 0.493 e. The molecule has 1 heterocycles. The van der Waals surface area contributed by atoms with E-state index in [2.05, 4.69) is 0 Å². The fourth-order valence-corrected chi connectivity index (χ4v) is 4.51. The van der Waals surface area contributed by atoms with E-state index in [9.17, 15) is 14.7 Å². The maximum absolute atomic E-state index is 13.9. The normalized spacial score (nSPS) is 16.0. The molecule has 0 saturated carbocycles. The van der Waals surface area contributed by atoms with Gasteiger partial charge >= 0.3 is 5.97 Å². The second kappa shape index (κ2) is 11.0. The van der Waals surface area contributed by atoms with Crippen molar-refractivity contribution in [3.05, 3.63) is 95.1 Å². The molecule has 3 aromatic rings. The highest BCUT2D eigenvalue weighted by Gasteiger charge is 2.41. The molecule has 0 unspecified atom stereocenters. The molecule has 0 spiro atoms. The van der Waals surface area contributed by atoms with Crippen molar-refractivity contribution in [2.75, 3.05) is 7.11 Å². The predicted octanol–water partition coefficient (Wildman–Crippen LogP) is 5.17. The van der Waals surface area contributed by atoms with Crippen molar-refractivity contribution in [1.82, 2.24) is 4.90 Å². The summed E-state index contributed by atoms with van der Waals surface area (Å²) in [4.78, 5) is 27.8. The summed E-state index contributed by atoms with van der Waals surface area (Å²) in [6.07, 6.45) is -0.842. The van der Waals surface area contributed by atoms with E-state index in [0.717, 1.165) is 16.7 Å². The van der Waals surface area contributed by atoms with Gasteiger partial charge in [0.05, 0.1) is 12.7 Å². The van der Waals surface area contributed by atoms with E-state index in [1.165, 1.54) is 4.90 Å². The third-order valence-electron chi connectivity index (χ3n) is 6.25. The molecular weight excluding hydrogens is 470 g/mol. The summed E-state index contributed by atoms with van der Waals surface area (Å²) < 4.78 is 17.9. The molecule has 0 aliphatic carbocycles. The number of benzene rings is 3. The third kappa shape index (κ3) is 6.12. The molecule has 7 heteroatoms. The lowest BCUT2D eigenvalue weighted by atomic mass is 9.91. The average Bonchev–Trinajstić information content (AvgIpc) is 2.89. The van der Waals surface area contributed by atoms with E-state index in [-0.39, 0.29) is 18.9 Å². The fourth-order valence-electron chi connectivity index (χ4n) is 4.51. The number of hydrogen-bond acceptors (Lipinski definition) is 5. The van der Waals surface area contributed by atoms with Crippen molar-refractivity contribution < 1.29 is 28.9 Å². The number of ether oxygens (including phenoxy) is 3. The number of hydrogen-bond donors (Lipinski definition) is 1. The first kappa shape index (κ1) is 26.2. The molecule has 0 aromatic heterocycles. The molecule has 0 fully saturated rings. The molecule has 2 atom stereocenters. The number of carbonyl (C=O) groups is 2. The maximum atomic E-state index is 13.9. The van der Waals surface area contributed by atoms with Gasteiger partial charge in [0.25, 0.3) is 5.91 Å². The number of methoxy groups -OCH3 is 1. The number of carboxylic acids is 1. The molecule has 37 heavy (non-hydrogen) atoms. The van der Waals surface area contributed by atoms with E-state index in [1.807, 2.05) is 87.5 Å². The van der Waals surface area contributed by atoms with Crippen LogP contribution >= 0.6 is 0 Å². The monoisotopic (exact) mass is 503 g/mol. The second-order valence-corrected chi connectivity index (χ2v) is 10.1. The lowest BCUT2D eigenvalue weighted by Gasteiger charge is -2.38. The Labute approximate surface area is 217 Å². The zero-order valence-electron chi connectivity index (χ0n) is 21.6. The standard InChI is InChI=1S/C30H33NO6/c1-30(2,3)37-26(21-13-9-6-10-14-21)28(32)31-18-22-15-16-25(35-4)27(23(22)17-24(31)29(33)34)36-19-20-11-7-5-8-12-20/h5-16,24,26H,17-19H2,1-4H3,(H,33,34)/t24-,26+/m0/s1. The minimum atomic E-state index is -1.08. The first-order valence-corrected chi connectivity index (χ1v) is 12.3. The number of rotatable bonds is 8. The molecule has 0 bridgehead atoms. The first-order valence-electron chi connectivity index (χ1n) is 12.3. The Kier molecular flexibility index (Phi) is 7.83. The van der Waals surface area contributed by atoms with E-state index in [4.69, 9.17) is 14.2 Å². The Morgan fingerprint density at radius 2 is 1.65 bits per heavy atom. The van der Waals surface area contributed by atoms with Gasteiger partial charge in [-0.3, -0.25) is 4.79 Å². The van der Waals surface area contributed by atoms with Gasteiger partial charge in [0.2, 0.25) is 0 Å². The van der Waals surface area contributed by atoms with Gasteiger partial charge in [-0.1, -0.05) is 66.7 Å². The molecule has 194 valence electrons. The minimum Gasteiger partial charge on any atom is -0.493 e. The molecule has 1 aliphatic rings. The average molecular weight is 504 g/mol. The van der Waals surface area contributed by atoms with Gasteiger partial charge in [-0.05, 0) is 43.5 Å². The Bertz CT molecular complexity index is 1240. The molecule has 0 radical (unpaired) electrons. The summed E-state index contributed by atoms with van der Waals surface area (Å²) >= 11 is 0. The number of nitrogens with zero attached hydrogens (tertiary/aromatic N) is 1. The maximum Gasteiger partial charge on any atom is 0.326 e. The molecule has 3 aromatic carbocycles. The Morgan fingerprint density at radius 3 is 2.24 bits per heavy atom. The highest BCUT2D eigenvalue weighted by atomic mass is 16.5. The van der Waals surface area contributed by atoms with E-state index >= 15 is 0 Å². The van der Waals surface area contributed by atoms with Crippen LogP contribution in [0.1, 0.15) is 49.1 Å². The van der Waals surface area contributed by atoms with Crippen LogP contribution in [-0.2, 0) is 33.9 Å². The van der Waals surface area contributed by atoms with E-state index in [1.54, 1.807) is 13.2 Å². The molecule has 7 nitrogen and oxygen atoms in total. The smallest absolute Gasteiger partial charge is 0.326 e. The summed E-state index contributed by atoms with van der Waals surface area (Å²) in [5.41, 5.74) is 2.60. The van der Waals surface area contributed by atoms with E-state index in [0.29, 0.717) is 23.7 Å². The Balaban J connectivity index is 1.69. The van der Waals surface area contributed by atoms with Crippen LogP contribution in [-0.4, -0.2) is 40.6 Å². The van der Waals surface area contributed by atoms with Gasteiger partial charge in [0.1, 0.15) is 12.6 Å². The number of aliphatic carboxylic acids is 1. The van der Waals surface area contributed by atoms with Gasteiger partial charge in [0.15, 0.2) is 17.6 Å². The zero-order chi connectivity index (χ0) is 26.6. The molecule has 1 aliphatic heterocycles. The summed E-state index contributed by atoms with van der Waals surface area (Å²) in [6.45, 7) is 6.05. The molecule has 4 rings (SSSR count). The number of amides is 1. The van der Waals surface area contributed by atoms with Crippen LogP contribution in [0, 0.1) is 0 Å². The fraction of sp³-hybridized carbons (Fsp3) is 0.333. The van der Waals surface area contributed by atoms with Gasteiger partial charge in [-0.25, -0.2) is 4.79 Å². The zero-order valence-corrected chi connectivity index (χ0v) is 21.6.